The van der Waals surface area contributed by atoms with Crippen LogP contribution in [0.4, 0.5) is 5.69 Å². The van der Waals surface area contributed by atoms with Crippen molar-refractivity contribution in [2.24, 2.45) is 7.05 Å². The van der Waals surface area contributed by atoms with Crippen molar-refractivity contribution in [3.05, 3.63) is 72.4 Å². The highest BCUT2D eigenvalue weighted by Crippen LogP contribution is 2.26. The summed E-state index contributed by atoms with van der Waals surface area (Å²) in [6.45, 7) is 0.636. The number of carbonyl (C=O) groups is 1. The quantitative estimate of drug-likeness (QED) is 0.593. The van der Waals surface area contributed by atoms with Gasteiger partial charge < -0.3 is 14.6 Å². The number of benzene rings is 2. The molecule has 2 heterocycles. The summed E-state index contributed by atoms with van der Waals surface area (Å²) < 4.78 is 8.97. The number of hydrogen-bond donors (Lipinski definition) is 1. The Bertz CT molecular complexity index is 1080. The third kappa shape index (κ3) is 3.39. The van der Waals surface area contributed by atoms with Gasteiger partial charge in [0.05, 0.1) is 19.2 Å². The van der Waals surface area contributed by atoms with E-state index in [-0.39, 0.29) is 5.91 Å². The number of aromatic nitrogens is 4. The Morgan fingerprint density at radius 3 is 2.70 bits per heavy atom. The van der Waals surface area contributed by atoms with Gasteiger partial charge in [0.15, 0.2) is 0 Å². The molecule has 0 fully saturated rings. The second-order valence-corrected chi connectivity index (χ2v) is 6.28. The van der Waals surface area contributed by atoms with E-state index in [0.29, 0.717) is 12.1 Å². The maximum Gasteiger partial charge on any atom is 0.257 e. The number of amides is 1. The topological polar surface area (TPSA) is 74.0 Å². The van der Waals surface area contributed by atoms with Crippen molar-refractivity contribution < 1.29 is 9.53 Å². The first kappa shape index (κ1) is 16.8. The third-order valence-corrected chi connectivity index (χ3v) is 4.46. The first-order valence-electron chi connectivity index (χ1n) is 8.50. The van der Waals surface area contributed by atoms with E-state index in [2.05, 4.69) is 15.4 Å². The first-order chi connectivity index (χ1) is 13.1. The highest BCUT2D eigenvalue weighted by Gasteiger charge is 2.15. The SMILES string of the molecule is COc1ccc2c(c1)c(C(=O)Nc1ccc(Cn3cncn3)cc1)cn2C. The van der Waals surface area contributed by atoms with E-state index in [1.54, 1.807) is 18.1 Å². The highest BCUT2D eigenvalue weighted by atomic mass is 16.5. The van der Waals surface area contributed by atoms with Gasteiger partial charge in [-0.15, -0.1) is 0 Å². The number of anilines is 1. The van der Waals surface area contributed by atoms with E-state index in [1.165, 1.54) is 6.33 Å². The monoisotopic (exact) mass is 361 g/mol. The average Bonchev–Trinajstić information content (AvgIpc) is 3.31. The Morgan fingerprint density at radius 2 is 2.00 bits per heavy atom. The summed E-state index contributed by atoms with van der Waals surface area (Å²) in [7, 11) is 3.54. The minimum Gasteiger partial charge on any atom is -0.497 e. The minimum absolute atomic E-state index is 0.155. The zero-order valence-corrected chi connectivity index (χ0v) is 15.1. The molecule has 0 radical (unpaired) electrons. The van der Waals surface area contributed by atoms with Gasteiger partial charge in [-0.05, 0) is 35.9 Å². The minimum atomic E-state index is -0.155. The van der Waals surface area contributed by atoms with Gasteiger partial charge in [0, 0.05) is 29.8 Å². The van der Waals surface area contributed by atoms with Crippen LogP contribution in [0.5, 0.6) is 5.75 Å². The first-order valence-corrected chi connectivity index (χ1v) is 8.50. The number of ether oxygens (including phenoxy) is 1. The Labute approximate surface area is 156 Å². The molecule has 0 aliphatic heterocycles. The molecule has 27 heavy (non-hydrogen) atoms. The number of hydrogen-bond acceptors (Lipinski definition) is 4. The molecular formula is C20H19N5O2. The fourth-order valence-electron chi connectivity index (χ4n) is 3.07. The maximum absolute atomic E-state index is 12.8. The second kappa shape index (κ2) is 6.95. The summed E-state index contributed by atoms with van der Waals surface area (Å²) in [5, 5.41) is 7.91. The lowest BCUT2D eigenvalue weighted by Crippen LogP contribution is -2.11. The largest absolute Gasteiger partial charge is 0.497 e. The molecule has 0 spiro atoms. The Balaban J connectivity index is 1.54. The van der Waals surface area contributed by atoms with Gasteiger partial charge in [0.2, 0.25) is 0 Å². The molecule has 4 rings (SSSR count). The van der Waals surface area contributed by atoms with Crippen molar-refractivity contribution in [2.75, 3.05) is 12.4 Å². The lowest BCUT2D eigenvalue weighted by Gasteiger charge is -2.07. The molecular weight excluding hydrogens is 342 g/mol. The van der Waals surface area contributed by atoms with E-state index >= 15 is 0 Å². The molecule has 4 aromatic rings. The number of methoxy groups -OCH3 is 1. The predicted molar refractivity (Wildman–Crippen MR) is 103 cm³/mol. The molecule has 0 aliphatic carbocycles. The van der Waals surface area contributed by atoms with Crippen LogP contribution in [-0.4, -0.2) is 32.3 Å². The van der Waals surface area contributed by atoms with E-state index in [9.17, 15) is 4.79 Å². The Kier molecular flexibility index (Phi) is 4.33. The lowest BCUT2D eigenvalue weighted by molar-refractivity contribution is 0.102. The van der Waals surface area contributed by atoms with Crippen molar-refractivity contribution in [1.29, 1.82) is 0 Å². The van der Waals surface area contributed by atoms with E-state index in [0.717, 1.165) is 27.9 Å². The van der Waals surface area contributed by atoms with Crippen LogP contribution in [0.2, 0.25) is 0 Å². The number of rotatable bonds is 5. The fourth-order valence-corrected chi connectivity index (χ4v) is 3.07. The summed E-state index contributed by atoms with van der Waals surface area (Å²) in [4.78, 5) is 16.7. The van der Waals surface area contributed by atoms with Crippen LogP contribution in [0.1, 0.15) is 15.9 Å². The van der Waals surface area contributed by atoms with Gasteiger partial charge >= 0.3 is 0 Å². The fraction of sp³-hybridized carbons (Fsp3) is 0.150. The number of aryl methyl sites for hydroxylation is 1. The maximum atomic E-state index is 12.8. The zero-order valence-electron chi connectivity index (χ0n) is 15.1. The summed E-state index contributed by atoms with van der Waals surface area (Å²) in [6, 6.07) is 13.4. The van der Waals surface area contributed by atoms with Gasteiger partial charge in [-0.3, -0.25) is 4.79 Å². The highest BCUT2D eigenvalue weighted by molar-refractivity contribution is 6.13. The van der Waals surface area contributed by atoms with Gasteiger partial charge in [-0.1, -0.05) is 12.1 Å². The predicted octanol–water partition coefficient (Wildman–Crippen LogP) is 3.08. The van der Waals surface area contributed by atoms with Crippen LogP contribution in [0.25, 0.3) is 10.9 Å². The van der Waals surface area contributed by atoms with Crippen LogP contribution < -0.4 is 10.1 Å². The van der Waals surface area contributed by atoms with Gasteiger partial charge in [-0.2, -0.15) is 5.10 Å². The molecule has 0 bridgehead atoms. The Hall–Kier alpha value is -3.61. The van der Waals surface area contributed by atoms with Crippen molar-refractivity contribution in [2.45, 2.75) is 6.54 Å². The Morgan fingerprint density at radius 1 is 1.19 bits per heavy atom. The second-order valence-electron chi connectivity index (χ2n) is 6.28. The average molecular weight is 361 g/mol. The van der Waals surface area contributed by atoms with Crippen molar-refractivity contribution in [3.8, 4) is 5.75 Å². The summed E-state index contributed by atoms with van der Waals surface area (Å²) in [5.41, 5.74) is 3.40. The molecule has 2 aromatic heterocycles. The molecule has 2 aromatic carbocycles. The van der Waals surface area contributed by atoms with Gasteiger partial charge in [0.1, 0.15) is 18.4 Å². The van der Waals surface area contributed by atoms with Crippen molar-refractivity contribution in [3.63, 3.8) is 0 Å². The zero-order chi connectivity index (χ0) is 18.8. The standard InChI is InChI=1S/C20H19N5O2/c1-24-11-18(17-9-16(27-2)7-8-19(17)24)20(26)23-15-5-3-14(4-6-15)10-25-13-21-12-22-25/h3-9,11-13H,10H2,1-2H3,(H,23,26). The summed E-state index contributed by atoms with van der Waals surface area (Å²) in [5.74, 6) is 0.568. The van der Waals surface area contributed by atoms with Gasteiger partial charge in [-0.25, -0.2) is 9.67 Å². The molecule has 1 amide bonds. The number of fused-ring (bicyclic) bond motifs is 1. The van der Waals surface area contributed by atoms with E-state index < -0.39 is 0 Å². The van der Waals surface area contributed by atoms with Crippen LogP contribution in [-0.2, 0) is 13.6 Å². The number of nitrogens with one attached hydrogen (secondary N) is 1. The normalized spacial score (nSPS) is 10.9. The van der Waals surface area contributed by atoms with E-state index in [1.807, 2.05) is 60.3 Å². The molecule has 1 N–H and O–H groups in total. The molecule has 0 saturated carbocycles. The molecule has 7 nitrogen and oxygen atoms in total. The summed E-state index contributed by atoms with van der Waals surface area (Å²) >= 11 is 0. The van der Waals surface area contributed by atoms with Crippen molar-refractivity contribution in [1.82, 2.24) is 19.3 Å². The summed E-state index contributed by atoms with van der Waals surface area (Å²) in [6.07, 6.45) is 5.01. The molecule has 0 atom stereocenters. The van der Waals surface area contributed by atoms with Crippen LogP contribution >= 0.6 is 0 Å². The van der Waals surface area contributed by atoms with Crippen LogP contribution in [0.15, 0.2) is 61.3 Å². The molecule has 0 unspecified atom stereocenters. The number of carbonyl (C=O) groups excluding carboxylic acids is 1. The molecule has 0 saturated heterocycles. The third-order valence-electron chi connectivity index (χ3n) is 4.46. The van der Waals surface area contributed by atoms with Crippen LogP contribution in [0, 0.1) is 0 Å². The lowest BCUT2D eigenvalue weighted by atomic mass is 10.1. The molecule has 7 heteroatoms. The smallest absolute Gasteiger partial charge is 0.257 e. The number of nitrogens with zero attached hydrogens (tertiary/aromatic N) is 4. The molecule has 0 aliphatic rings. The molecule has 136 valence electrons. The van der Waals surface area contributed by atoms with E-state index in [4.69, 9.17) is 4.74 Å². The van der Waals surface area contributed by atoms with Crippen molar-refractivity contribution >= 4 is 22.5 Å². The van der Waals surface area contributed by atoms with Gasteiger partial charge in [0.25, 0.3) is 5.91 Å². The van der Waals surface area contributed by atoms with Crippen LogP contribution in [0.3, 0.4) is 0 Å².